The molecule has 2 rings (SSSR count). The van der Waals surface area contributed by atoms with Crippen molar-refractivity contribution >= 4 is 35.0 Å². The predicted octanol–water partition coefficient (Wildman–Crippen LogP) is 6.07. The van der Waals surface area contributed by atoms with Gasteiger partial charge in [0.15, 0.2) is 0 Å². The second kappa shape index (κ2) is 12.5. The van der Waals surface area contributed by atoms with Crippen LogP contribution in [0.5, 0.6) is 5.75 Å². The number of hydrogen-bond donors (Lipinski definition) is 2. The molecule has 7 heteroatoms. The summed E-state index contributed by atoms with van der Waals surface area (Å²) in [4.78, 5) is 11.7. The van der Waals surface area contributed by atoms with Crippen LogP contribution >= 0.6 is 23.4 Å². The Balaban J connectivity index is 1.88. The topological polar surface area (TPSA) is 79.1 Å². The Kier molecular flexibility index (Phi) is 10.0. The lowest BCUT2D eigenvalue weighted by Crippen LogP contribution is -2.05. The molecule has 0 heterocycles. The normalized spacial score (nSPS) is 11.5. The number of thioether (sulfide) groups is 1. The van der Waals surface area contributed by atoms with Crippen molar-refractivity contribution in [3.05, 3.63) is 58.1 Å². The average molecular weight is 450 g/mol. The largest absolute Gasteiger partial charge is 0.493 e. The number of nitrogens with zero attached hydrogens (tertiary/aromatic N) is 1. The van der Waals surface area contributed by atoms with Crippen LogP contribution < -0.4 is 4.74 Å². The third-order valence-corrected chi connectivity index (χ3v) is 6.11. The highest BCUT2D eigenvalue weighted by Crippen LogP contribution is 2.29. The molecule has 2 aromatic carbocycles. The standard InChI is InChI=1S/C23H28ClNO4S/c1-3-6-18-15-17(20(4-2)25-28)8-9-21(18)29-11-5-12-30-22-10-7-16(13-19(22)24)14-23(26)27/h7-10,13,15,28H,3-6,11-12,14H2,1-2H3,(H,26,27)/b25-20+. The number of benzene rings is 2. The molecule has 162 valence electrons. The summed E-state index contributed by atoms with van der Waals surface area (Å²) in [6.07, 6.45) is 3.40. The van der Waals surface area contributed by atoms with Crippen LogP contribution in [0.3, 0.4) is 0 Å². The molecule has 0 aliphatic heterocycles. The summed E-state index contributed by atoms with van der Waals surface area (Å²) in [5, 5.41) is 22.0. The predicted molar refractivity (Wildman–Crippen MR) is 123 cm³/mol. The summed E-state index contributed by atoms with van der Waals surface area (Å²) in [5.41, 5.74) is 3.41. The zero-order valence-corrected chi connectivity index (χ0v) is 18.9. The van der Waals surface area contributed by atoms with E-state index in [1.54, 1.807) is 23.9 Å². The van der Waals surface area contributed by atoms with Crippen LogP contribution in [0.2, 0.25) is 5.02 Å². The molecule has 0 bridgehead atoms. The van der Waals surface area contributed by atoms with Crippen molar-refractivity contribution in [2.24, 2.45) is 5.16 Å². The monoisotopic (exact) mass is 449 g/mol. The summed E-state index contributed by atoms with van der Waals surface area (Å²) < 4.78 is 6.01. The van der Waals surface area contributed by atoms with Crippen LogP contribution in [0.4, 0.5) is 0 Å². The molecule has 0 unspecified atom stereocenters. The Morgan fingerprint density at radius 3 is 2.63 bits per heavy atom. The van der Waals surface area contributed by atoms with Gasteiger partial charge in [-0.2, -0.15) is 0 Å². The number of hydrogen-bond acceptors (Lipinski definition) is 5. The van der Waals surface area contributed by atoms with Gasteiger partial charge < -0.3 is 15.1 Å². The molecular formula is C23H28ClNO4S. The highest BCUT2D eigenvalue weighted by atomic mass is 35.5. The molecule has 0 radical (unpaired) electrons. The number of ether oxygens (including phenoxy) is 1. The van der Waals surface area contributed by atoms with Gasteiger partial charge in [0.05, 0.1) is 23.8 Å². The van der Waals surface area contributed by atoms with E-state index in [1.807, 2.05) is 31.2 Å². The second-order valence-electron chi connectivity index (χ2n) is 6.86. The minimum Gasteiger partial charge on any atom is -0.493 e. The number of aryl methyl sites for hydroxylation is 1. The molecule has 2 aromatic rings. The zero-order valence-electron chi connectivity index (χ0n) is 17.4. The molecule has 0 saturated heterocycles. The fourth-order valence-corrected chi connectivity index (χ4v) is 4.28. The Morgan fingerprint density at radius 1 is 1.20 bits per heavy atom. The van der Waals surface area contributed by atoms with Crippen molar-refractivity contribution in [3.63, 3.8) is 0 Å². The zero-order chi connectivity index (χ0) is 21.9. The van der Waals surface area contributed by atoms with Crippen LogP contribution in [0.15, 0.2) is 46.4 Å². The van der Waals surface area contributed by atoms with Gasteiger partial charge in [0.2, 0.25) is 0 Å². The highest BCUT2D eigenvalue weighted by molar-refractivity contribution is 7.99. The smallest absolute Gasteiger partial charge is 0.307 e. The molecule has 2 N–H and O–H groups in total. The first-order chi connectivity index (χ1) is 14.5. The maximum Gasteiger partial charge on any atom is 0.307 e. The minimum atomic E-state index is -0.867. The van der Waals surface area contributed by atoms with Gasteiger partial charge in [0.25, 0.3) is 0 Å². The van der Waals surface area contributed by atoms with Gasteiger partial charge >= 0.3 is 5.97 Å². The van der Waals surface area contributed by atoms with E-state index >= 15 is 0 Å². The van der Waals surface area contributed by atoms with Crippen LogP contribution in [0, 0.1) is 0 Å². The lowest BCUT2D eigenvalue weighted by atomic mass is 10.0. The SMILES string of the molecule is CCCc1cc(/C(CC)=N/O)ccc1OCCCSc1ccc(CC(=O)O)cc1Cl. The summed E-state index contributed by atoms with van der Waals surface area (Å²) in [5.74, 6) is 0.847. The Hall–Kier alpha value is -2.18. The van der Waals surface area contributed by atoms with E-state index in [4.69, 9.17) is 26.7 Å². The Labute approximate surface area is 187 Å². The van der Waals surface area contributed by atoms with Crippen LogP contribution in [0.1, 0.15) is 49.8 Å². The highest BCUT2D eigenvalue weighted by Gasteiger charge is 2.09. The number of rotatable bonds is 12. The van der Waals surface area contributed by atoms with Crippen molar-refractivity contribution in [1.82, 2.24) is 0 Å². The molecule has 0 atom stereocenters. The molecule has 30 heavy (non-hydrogen) atoms. The maximum atomic E-state index is 10.8. The Bertz CT molecular complexity index is 886. The molecule has 0 amide bonds. The Morgan fingerprint density at radius 2 is 2.00 bits per heavy atom. The number of carbonyl (C=O) groups is 1. The molecular weight excluding hydrogens is 422 g/mol. The molecule has 0 aromatic heterocycles. The number of halogens is 1. The number of aliphatic carboxylic acids is 1. The third-order valence-electron chi connectivity index (χ3n) is 4.52. The molecule has 0 saturated carbocycles. The fraction of sp³-hybridized carbons (Fsp3) is 0.391. The van der Waals surface area contributed by atoms with E-state index in [2.05, 4.69) is 12.1 Å². The lowest BCUT2D eigenvalue weighted by Gasteiger charge is -2.13. The number of carboxylic acid groups (broad SMARTS) is 1. The first kappa shape index (κ1) is 24.1. The van der Waals surface area contributed by atoms with Gasteiger partial charge in [0, 0.05) is 10.6 Å². The summed E-state index contributed by atoms with van der Waals surface area (Å²) >= 11 is 7.90. The van der Waals surface area contributed by atoms with E-state index in [0.717, 1.165) is 46.8 Å². The lowest BCUT2D eigenvalue weighted by molar-refractivity contribution is -0.136. The van der Waals surface area contributed by atoms with Crippen LogP contribution in [-0.2, 0) is 17.6 Å². The molecule has 0 aliphatic rings. The van der Waals surface area contributed by atoms with Crippen LogP contribution in [-0.4, -0.2) is 34.4 Å². The quantitative estimate of drug-likeness (QED) is 0.135. The van der Waals surface area contributed by atoms with Crippen molar-refractivity contribution in [3.8, 4) is 5.75 Å². The van der Waals surface area contributed by atoms with Gasteiger partial charge in [-0.1, -0.05) is 43.1 Å². The van der Waals surface area contributed by atoms with Gasteiger partial charge in [-0.3, -0.25) is 4.79 Å². The van der Waals surface area contributed by atoms with Gasteiger partial charge in [-0.25, -0.2) is 0 Å². The summed E-state index contributed by atoms with van der Waals surface area (Å²) in [6.45, 7) is 4.68. The van der Waals surface area contributed by atoms with Crippen molar-refractivity contribution in [2.45, 2.75) is 50.8 Å². The first-order valence-electron chi connectivity index (χ1n) is 10.1. The van der Waals surface area contributed by atoms with E-state index in [0.29, 0.717) is 29.3 Å². The van der Waals surface area contributed by atoms with Crippen molar-refractivity contribution in [1.29, 1.82) is 0 Å². The van der Waals surface area contributed by atoms with E-state index in [1.165, 1.54) is 0 Å². The fourth-order valence-electron chi connectivity index (χ4n) is 3.07. The summed E-state index contributed by atoms with van der Waals surface area (Å²) in [7, 11) is 0. The van der Waals surface area contributed by atoms with Gasteiger partial charge in [-0.15, -0.1) is 11.8 Å². The van der Waals surface area contributed by atoms with E-state index in [9.17, 15) is 4.79 Å². The first-order valence-corrected chi connectivity index (χ1v) is 11.4. The second-order valence-corrected chi connectivity index (χ2v) is 8.40. The van der Waals surface area contributed by atoms with Crippen LogP contribution in [0.25, 0.3) is 0 Å². The van der Waals surface area contributed by atoms with E-state index in [-0.39, 0.29) is 6.42 Å². The molecule has 0 aliphatic carbocycles. The van der Waals surface area contributed by atoms with E-state index < -0.39 is 5.97 Å². The van der Waals surface area contributed by atoms with Gasteiger partial charge in [0.1, 0.15) is 5.75 Å². The minimum absolute atomic E-state index is 0.0265. The number of oxime groups is 1. The molecule has 0 fully saturated rings. The van der Waals surface area contributed by atoms with Crippen molar-refractivity contribution < 1.29 is 19.8 Å². The molecule has 5 nitrogen and oxygen atoms in total. The van der Waals surface area contributed by atoms with Gasteiger partial charge in [-0.05, 0) is 66.3 Å². The summed E-state index contributed by atoms with van der Waals surface area (Å²) in [6, 6.07) is 11.3. The maximum absolute atomic E-state index is 10.8. The number of carboxylic acids is 1. The molecule has 0 spiro atoms. The van der Waals surface area contributed by atoms with Crippen molar-refractivity contribution in [2.75, 3.05) is 12.4 Å². The average Bonchev–Trinajstić information content (AvgIpc) is 2.71. The third kappa shape index (κ3) is 7.26.